The minimum atomic E-state index is -0.133. The topological polar surface area (TPSA) is 70.3 Å². The number of aromatic nitrogens is 2. The molecule has 5 nitrogen and oxygen atoms in total. The van der Waals surface area contributed by atoms with E-state index in [1.54, 1.807) is 7.11 Å². The van der Waals surface area contributed by atoms with Gasteiger partial charge in [-0.2, -0.15) is 4.98 Å². The zero-order valence-corrected chi connectivity index (χ0v) is 8.78. The number of ether oxygens (including phenoxy) is 2. The van der Waals surface area contributed by atoms with Crippen LogP contribution in [0.4, 0.5) is 5.95 Å². The lowest BCUT2D eigenvalue weighted by atomic mass is 10.4. The third kappa shape index (κ3) is 3.01. The van der Waals surface area contributed by atoms with Gasteiger partial charge in [-0.15, -0.1) is 0 Å². The number of hydrogen-bond acceptors (Lipinski definition) is 5. The van der Waals surface area contributed by atoms with Crippen molar-refractivity contribution < 1.29 is 9.47 Å². The number of nitrogens with two attached hydrogens (primary N) is 1. The maximum absolute atomic E-state index is 5.79. The predicted molar refractivity (Wildman–Crippen MR) is 53.4 cm³/mol. The molecule has 0 aliphatic heterocycles. The van der Waals surface area contributed by atoms with Crippen LogP contribution in [-0.2, 0) is 4.74 Å². The summed E-state index contributed by atoms with van der Waals surface area (Å²) >= 11 is 5.79. The minimum absolute atomic E-state index is 0.133. The first kappa shape index (κ1) is 11.0. The molecule has 0 aliphatic rings. The molecule has 0 saturated carbocycles. The number of methoxy groups -OCH3 is 1. The molecular formula is C8H12ClN3O2. The van der Waals surface area contributed by atoms with Crippen LogP contribution in [0.15, 0.2) is 6.20 Å². The van der Waals surface area contributed by atoms with Crippen LogP contribution in [0, 0.1) is 0 Å². The third-order valence-corrected chi connectivity index (χ3v) is 1.70. The number of nitrogen functional groups attached to an aromatic ring is 1. The Labute approximate surface area is 87.2 Å². The molecule has 1 aromatic heterocycles. The van der Waals surface area contributed by atoms with E-state index < -0.39 is 0 Å². The second-order valence-electron chi connectivity index (χ2n) is 2.77. The smallest absolute Gasteiger partial charge is 0.237 e. The van der Waals surface area contributed by atoms with E-state index in [2.05, 4.69) is 9.97 Å². The average molecular weight is 218 g/mol. The molecule has 0 spiro atoms. The molecule has 0 radical (unpaired) electrons. The Bertz CT molecular complexity index is 309. The van der Waals surface area contributed by atoms with Crippen LogP contribution >= 0.6 is 11.6 Å². The predicted octanol–water partition coefficient (Wildman–Crippen LogP) is 1.13. The van der Waals surface area contributed by atoms with Crippen LogP contribution in [0.3, 0.4) is 0 Å². The Morgan fingerprint density at radius 2 is 2.36 bits per heavy atom. The lowest BCUT2D eigenvalue weighted by Gasteiger charge is -2.13. The summed E-state index contributed by atoms with van der Waals surface area (Å²) in [5.74, 6) is 0.415. The van der Waals surface area contributed by atoms with Gasteiger partial charge in [0.25, 0.3) is 0 Å². The SMILES string of the molecule is COCC(C)Oc1nc(N)ncc1Cl. The first-order chi connectivity index (χ1) is 6.63. The summed E-state index contributed by atoms with van der Waals surface area (Å²) in [5.41, 5.74) is 5.39. The summed E-state index contributed by atoms with van der Waals surface area (Å²) in [7, 11) is 1.59. The Kier molecular flexibility index (Phi) is 3.91. The van der Waals surface area contributed by atoms with Gasteiger partial charge >= 0.3 is 0 Å². The molecular weight excluding hydrogens is 206 g/mol. The summed E-state index contributed by atoms with van der Waals surface area (Å²) in [4.78, 5) is 7.57. The van der Waals surface area contributed by atoms with Gasteiger partial charge < -0.3 is 15.2 Å². The van der Waals surface area contributed by atoms with E-state index in [1.807, 2.05) is 6.92 Å². The quantitative estimate of drug-likeness (QED) is 0.819. The summed E-state index contributed by atoms with van der Waals surface area (Å²) in [6.45, 7) is 2.30. The zero-order chi connectivity index (χ0) is 10.6. The van der Waals surface area contributed by atoms with Crippen molar-refractivity contribution in [2.45, 2.75) is 13.0 Å². The normalized spacial score (nSPS) is 12.5. The molecule has 2 N–H and O–H groups in total. The number of anilines is 1. The van der Waals surface area contributed by atoms with Crippen molar-refractivity contribution in [3.05, 3.63) is 11.2 Å². The molecule has 1 rings (SSSR count). The van der Waals surface area contributed by atoms with Crippen molar-refractivity contribution in [2.24, 2.45) is 0 Å². The first-order valence-electron chi connectivity index (χ1n) is 4.07. The van der Waals surface area contributed by atoms with E-state index in [9.17, 15) is 0 Å². The van der Waals surface area contributed by atoms with Crippen molar-refractivity contribution >= 4 is 17.5 Å². The summed E-state index contributed by atoms with van der Waals surface area (Å²) < 4.78 is 10.3. The number of rotatable bonds is 4. The Balaban J connectivity index is 2.70. The third-order valence-electron chi connectivity index (χ3n) is 1.44. The van der Waals surface area contributed by atoms with E-state index >= 15 is 0 Å². The van der Waals surface area contributed by atoms with E-state index in [0.717, 1.165) is 0 Å². The molecule has 0 saturated heterocycles. The monoisotopic (exact) mass is 217 g/mol. The van der Waals surface area contributed by atoms with Crippen molar-refractivity contribution in [1.29, 1.82) is 0 Å². The van der Waals surface area contributed by atoms with Crippen LogP contribution in [-0.4, -0.2) is 29.8 Å². The van der Waals surface area contributed by atoms with Gasteiger partial charge in [-0.05, 0) is 6.92 Å². The number of halogens is 1. The molecule has 1 aromatic rings. The number of nitrogens with zero attached hydrogens (tertiary/aromatic N) is 2. The first-order valence-corrected chi connectivity index (χ1v) is 4.45. The highest BCUT2D eigenvalue weighted by Gasteiger charge is 2.09. The maximum Gasteiger partial charge on any atom is 0.237 e. The molecule has 1 heterocycles. The lowest BCUT2D eigenvalue weighted by Crippen LogP contribution is -2.19. The van der Waals surface area contributed by atoms with Gasteiger partial charge in [-0.3, -0.25) is 0 Å². The highest BCUT2D eigenvalue weighted by Crippen LogP contribution is 2.21. The van der Waals surface area contributed by atoms with Gasteiger partial charge in [-0.1, -0.05) is 11.6 Å². The van der Waals surface area contributed by atoms with Crippen LogP contribution in [0.5, 0.6) is 5.88 Å². The van der Waals surface area contributed by atoms with Gasteiger partial charge in [0.2, 0.25) is 11.8 Å². The second-order valence-corrected chi connectivity index (χ2v) is 3.17. The molecule has 0 fully saturated rings. The average Bonchev–Trinajstić information content (AvgIpc) is 2.12. The molecule has 78 valence electrons. The second kappa shape index (κ2) is 4.97. The van der Waals surface area contributed by atoms with E-state index in [4.69, 9.17) is 26.8 Å². The van der Waals surface area contributed by atoms with Crippen molar-refractivity contribution in [3.8, 4) is 5.88 Å². The molecule has 0 bridgehead atoms. The highest BCUT2D eigenvalue weighted by atomic mass is 35.5. The van der Waals surface area contributed by atoms with Crippen LogP contribution in [0.1, 0.15) is 6.92 Å². The van der Waals surface area contributed by atoms with Gasteiger partial charge in [0, 0.05) is 7.11 Å². The van der Waals surface area contributed by atoms with Crippen LogP contribution < -0.4 is 10.5 Å². The summed E-state index contributed by atoms with van der Waals surface area (Å²) in [6, 6.07) is 0. The van der Waals surface area contributed by atoms with Crippen molar-refractivity contribution in [2.75, 3.05) is 19.5 Å². The fraction of sp³-hybridized carbons (Fsp3) is 0.500. The van der Waals surface area contributed by atoms with Gasteiger partial charge in [0.15, 0.2) is 0 Å². The van der Waals surface area contributed by atoms with E-state index in [1.165, 1.54) is 6.20 Å². The van der Waals surface area contributed by atoms with Crippen LogP contribution in [0.25, 0.3) is 0 Å². The maximum atomic E-state index is 5.79. The van der Waals surface area contributed by atoms with E-state index in [0.29, 0.717) is 11.6 Å². The van der Waals surface area contributed by atoms with Gasteiger partial charge in [0.05, 0.1) is 12.8 Å². The molecule has 1 atom stereocenters. The van der Waals surface area contributed by atoms with Gasteiger partial charge in [0.1, 0.15) is 11.1 Å². The molecule has 6 heteroatoms. The fourth-order valence-corrected chi connectivity index (χ4v) is 1.04. The fourth-order valence-electron chi connectivity index (χ4n) is 0.906. The Morgan fingerprint density at radius 1 is 1.64 bits per heavy atom. The molecule has 0 aromatic carbocycles. The van der Waals surface area contributed by atoms with Crippen molar-refractivity contribution in [1.82, 2.24) is 9.97 Å². The Morgan fingerprint density at radius 3 is 3.00 bits per heavy atom. The molecule has 0 aliphatic carbocycles. The molecule has 0 amide bonds. The Hall–Kier alpha value is -1.07. The summed E-state index contributed by atoms with van der Waals surface area (Å²) in [5, 5.41) is 0.335. The lowest BCUT2D eigenvalue weighted by molar-refractivity contribution is 0.0891. The summed E-state index contributed by atoms with van der Waals surface area (Å²) in [6.07, 6.45) is 1.27. The van der Waals surface area contributed by atoms with E-state index in [-0.39, 0.29) is 17.9 Å². The van der Waals surface area contributed by atoms with Crippen molar-refractivity contribution in [3.63, 3.8) is 0 Å². The molecule has 14 heavy (non-hydrogen) atoms. The van der Waals surface area contributed by atoms with Crippen LogP contribution in [0.2, 0.25) is 5.02 Å². The largest absolute Gasteiger partial charge is 0.471 e. The van der Waals surface area contributed by atoms with Gasteiger partial charge in [-0.25, -0.2) is 4.98 Å². The minimum Gasteiger partial charge on any atom is -0.471 e. The molecule has 1 unspecified atom stereocenters. The standard InChI is InChI=1S/C8H12ClN3O2/c1-5(4-13-2)14-7-6(9)3-11-8(10)12-7/h3,5H,4H2,1-2H3,(H2,10,11,12). The highest BCUT2D eigenvalue weighted by molar-refractivity contribution is 6.31. The zero-order valence-electron chi connectivity index (χ0n) is 8.03. The number of hydrogen-bond donors (Lipinski definition) is 1.